The normalized spacial score (nSPS) is 13.6. The maximum atomic E-state index is 13.0. The quantitative estimate of drug-likeness (QED) is 0.0195. The van der Waals surface area contributed by atoms with E-state index in [0.717, 1.165) is 128 Å². The van der Waals surface area contributed by atoms with Crippen molar-refractivity contribution in [3.63, 3.8) is 0 Å². The number of nitrogens with zero attached hydrogens (tertiary/aromatic N) is 1. The number of unbranched alkanes of at least 4 members (excludes halogenated alkanes) is 25. The minimum atomic E-state index is -1.63. The van der Waals surface area contributed by atoms with Gasteiger partial charge in [0.25, 0.3) is 0 Å². The first-order chi connectivity index (χ1) is 44.6. The first-order valence-electron chi connectivity index (χ1n) is 36.6. The van der Waals surface area contributed by atoms with Crippen molar-refractivity contribution in [3.05, 3.63) is 158 Å². The maximum Gasteiger partial charge on any atom is 0.306 e. The summed E-state index contributed by atoms with van der Waals surface area (Å²) >= 11 is 0. The van der Waals surface area contributed by atoms with Crippen molar-refractivity contribution < 1.29 is 42.9 Å². The molecule has 0 heterocycles. The lowest BCUT2D eigenvalue weighted by Gasteiger charge is -2.26. The van der Waals surface area contributed by atoms with Crippen LogP contribution < -0.4 is 5.11 Å². The fourth-order valence-corrected chi connectivity index (χ4v) is 9.76. The topological polar surface area (TPSA) is 111 Å². The summed E-state index contributed by atoms with van der Waals surface area (Å²) in [4.78, 5) is 37.6. The molecule has 2 unspecified atom stereocenters. The van der Waals surface area contributed by atoms with Crippen molar-refractivity contribution in [2.24, 2.45) is 0 Å². The van der Waals surface area contributed by atoms with Gasteiger partial charge in [0.1, 0.15) is 13.2 Å². The average molecular weight is 1260 g/mol. The molecule has 2 atom stereocenters. The van der Waals surface area contributed by atoms with Gasteiger partial charge in [-0.2, -0.15) is 0 Å². The molecule has 0 fully saturated rings. The second-order valence-electron chi connectivity index (χ2n) is 25.1. The number of allylic oxidation sites excluding steroid dienone is 26. The summed E-state index contributed by atoms with van der Waals surface area (Å²) in [5, 5.41) is 11.8. The Labute approximate surface area is 559 Å². The minimum Gasteiger partial charge on any atom is -0.545 e. The molecule has 9 heteroatoms. The van der Waals surface area contributed by atoms with Crippen molar-refractivity contribution in [3.8, 4) is 0 Å². The number of hydrogen-bond acceptors (Lipinski definition) is 8. The van der Waals surface area contributed by atoms with Crippen molar-refractivity contribution in [2.45, 2.75) is 296 Å². The van der Waals surface area contributed by atoms with Gasteiger partial charge in [-0.25, -0.2) is 0 Å². The molecule has 0 aliphatic carbocycles. The Balaban J connectivity index is 4.14. The Kier molecular flexibility index (Phi) is 66.8. The number of rotatable bonds is 66. The first-order valence-corrected chi connectivity index (χ1v) is 36.6. The van der Waals surface area contributed by atoms with Gasteiger partial charge in [-0.1, -0.05) is 307 Å². The molecule has 0 spiro atoms. The number of hydrogen-bond donors (Lipinski definition) is 0. The van der Waals surface area contributed by atoms with Gasteiger partial charge in [-0.3, -0.25) is 9.59 Å². The molecule has 0 aromatic carbocycles. The van der Waals surface area contributed by atoms with Crippen molar-refractivity contribution in [1.29, 1.82) is 0 Å². The van der Waals surface area contributed by atoms with Crippen LogP contribution in [0.2, 0.25) is 0 Å². The lowest BCUT2D eigenvalue weighted by molar-refractivity contribution is -0.870. The monoisotopic (exact) mass is 1260 g/mol. The van der Waals surface area contributed by atoms with E-state index < -0.39 is 24.3 Å². The van der Waals surface area contributed by atoms with Gasteiger partial charge in [0.05, 0.1) is 40.3 Å². The molecule has 0 N–H and O–H groups in total. The van der Waals surface area contributed by atoms with Crippen LogP contribution in [0.1, 0.15) is 284 Å². The van der Waals surface area contributed by atoms with Crippen LogP contribution in [-0.2, 0) is 33.3 Å². The highest BCUT2D eigenvalue weighted by atomic mass is 16.7. The van der Waals surface area contributed by atoms with E-state index in [4.69, 9.17) is 18.9 Å². The summed E-state index contributed by atoms with van der Waals surface area (Å²) in [6.45, 7) is 4.52. The second kappa shape index (κ2) is 70.8. The fraction of sp³-hybridized carbons (Fsp3) is 0.646. The predicted octanol–water partition coefficient (Wildman–Crippen LogP) is 21.9. The maximum absolute atomic E-state index is 13.0. The van der Waals surface area contributed by atoms with Crippen LogP contribution in [-0.4, -0.2) is 82.3 Å². The summed E-state index contributed by atoms with van der Waals surface area (Å²) in [5.74, 6) is -2.29. The van der Waals surface area contributed by atoms with Crippen molar-refractivity contribution in [2.75, 3.05) is 47.5 Å². The van der Waals surface area contributed by atoms with Crippen LogP contribution in [0.4, 0.5) is 0 Å². The molecule has 0 rings (SSSR count). The molecule has 9 nitrogen and oxygen atoms in total. The highest BCUT2D eigenvalue weighted by Gasteiger charge is 2.22. The van der Waals surface area contributed by atoms with Gasteiger partial charge in [0.15, 0.2) is 12.4 Å². The average Bonchev–Trinajstić information content (AvgIpc) is 3.46. The van der Waals surface area contributed by atoms with E-state index in [2.05, 4.69) is 172 Å². The largest absolute Gasteiger partial charge is 0.545 e. The standard InChI is InChI=1S/C82H135NO8/c1-6-8-10-12-14-16-18-20-22-24-26-28-30-32-34-36-38-40-42-44-46-48-50-52-54-56-58-60-62-64-66-68-70-72-79(84)89-76-78(77-90-82(81(86)87)88-75-74-83(3,4)5)91-80(85)73-71-69-67-65-63-61-59-57-55-53-51-49-47-45-43-41-39-37-35-33-31-29-27-25-23-21-19-17-15-13-11-9-7-2/h8-11,14-17,20-23,26-29,32-35,38-41,45,47,78,82H,6-7,12-13,18-19,24-25,30-31,36-37,42-44,46,48-77H2,1-5H3/b10-8-,11-9-,16-14-,17-15-,22-20-,23-21-,28-26-,29-27-,34-32-,35-33-,40-38-,41-39-,47-45-. The molecule has 0 bridgehead atoms. The molecule has 0 aliphatic heterocycles. The zero-order chi connectivity index (χ0) is 66.1. The minimum absolute atomic E-state index is 0.140. The summed E-state index contributed by atoms with van der Waals surface area (Å²) in [5.41, 5.74) is 0. The van der Waals surface area contributed by atoms with E-state index in [0.29, 0.717) is 17.4 Å². The number of ether oxygens (including phenoxy) is 4. The van der Waals surface area contributed by atoms with Crippen LogP contribution in [0, 0.1) is 0 Å². The number of carboxylic acids is 1. The molecular formula is C82H135NO8. The van der Waals surface area contributed by atoms with Gasteiger partial charge in [-0.05, 0) is 122 Å². The molecule has 516 valence electrons. The number of aliphatic carboxylic acids is 1. The Bertz CT molecular complexity index is 2060. The van der Waals surface area contributed by atoms with E-state index in [-0.39, 0.29) is 38.6 Å². The van der Waals surface area contributed by atoms with E-state index >= 15 is 0 Å². The fourth-order valence-electron chi connectivity index (χ4n) is 9.76. The molecule has 0 radical (unpaired) electrons. The van der Waals surface area contributed by atoms with Gasteiger partial charge < -0.3 is 33.3 Å². The van der Waals surface area contributed by atoms with Crippen LogP contribution in [0.15, 0.2) is 158 Å². The third-order valence-corrected chi connectivity index (χ3v) is 15.3. The van der Waals surface area contributed by atoms with Crippen molar-refractivity contribution in [1.82, 2.24) is 0 Å². The molecule has 0 saturated heterocycles. The third-order valence-electron chi connectivity index (χ3n) is 15.3. The second-order valence-corrected chi connectivity index (χ2v) is 25.1. The predicted molar refractivity (Wildman–Crippen MR) is 389 cm³/mol. The highest BCUT2D eigenvalue weighted by molar-refractivity contribution is 5.70. The molecule has 91 heavy (non-hydrogen) atoms. The van der Waals surface area contributed by atoms with Crippen molar-refractivity contribution >= 4 is 17.9 Å². The smallest absolute Gasteiger partial charge is 0.306 e. The molecule has 0 amide bonds. The number of quaternary nitrogens is 1. The first kappa shape index (κ1) is 85.9. The van der Waals surface area contributed by atoms with Crippen LogP contribution in [0.25, 0.3) is 0 Å². The Hall–Kier alpha value is -5.09. The molecule has 0 aliphatic rings. The summed E-state index contributed by atoms with van der Waals surface area (Å²) < 4.78 is 22.8. The number of esters is 2. The summed E-state index contributed by atoms with van der Waals surface area (Å²) in [6, 6.07) is 0. The Morgan fingerprint density at radius 2 is 0.593 bits per heavy atom. The van der Waals surface area contributed by atoms with E-state index in [1.165, 1.54) is 122 Å². The Morgan fingerprint density at radius 3 is 0.879 bits per heavy atom. The third kappa shape index (κ3) is 72.2. The number of carbonyl (C=O) groups excluding carboxylic acids is 3. The molecule has 0 saturated carbocycles. The van der Waals surface area contributed by atoms with Crippen LogP contribution in [0.5, 0.6) is 0 Å². The van der Waals surface area contributed by atoms with Gasteiger partial charge >= 0.3 is 11.9 Å². The lowest BCUT2D eigenvalue weighted by atomic mass is 10.0. The van der Waals surface area contributed by atoms with E-state index in [9.17, 15) is 19.5 Å². The van der Waals surface area contributed by atoms with Gasteiger partial charge in [-0.15, -0.1) is 0 Å². The zero-order valence-electron chi connectivity index (χ0n) is 58.9. The van der Waals surface area contributed by atoms with E-state index in [1.54, 1.807) is 0 Å². The van der Waals surface area contributed by atoms with E-state index in [1.807, 2.05) is 21.1 Å². The lowest BCUT2D eigenvalue weighted by Crippen LogP contribution is -2.44. The van der Waals surface area contributed by atoms with Crippen LogP contribution >= 0.6 is 0 Å². The SMILES string of the molecule is CC/C=C\C/C=C\C/C=C\C/C=C\C/C=C\C/C=C\C/C=C\CCCCCCCCCCCCCC(=O)OC(COC(=O)CCCCCCCCCCCCCCCC/C=C\C/C=C\C/C=C\C/C=C\C/C=C\C/C=C\CC)COC(OCC[N+](C)(C)C)C(=O)[O-]. The number of carboxylic acid groups (broad SMARTS) is 1. The van der Waals surface area contributed by atoms with Gasteiger partial charge in [0.2, 0.25) is 0 Å². The number of likely N-dealkylation sites (N-methyl/N-ethyl adjacent to an activating group) is 1. The summed E-state index contributed by atoms with van der Waals surface area (Å²) in [6.07, 6.45) is 102. The molecule has 0 aromatic heterocycles. The zero-order valence-corrected chi connectivity index (χ0v) is 58.9. The molecule has 0 aromatic rings. The Morgan fingerprint density at radius 1 is 0.330 bits per heavy atom. The van der Waals surface area contributed by atoms with Gasteiger partial charge in [0, 0.05) is 12.8 Å². The number of carbonyl (C=O) groups is 3. The highest BCUT2D eigenvalue weighted by Crippen LogP contribution is 2.17. The molecular weight excluding hydrogens is 1130 g/mol. The summed E-state index contributed by atoms with van der Waals surface area (Å²) in [7, 11) is 5.93. The van der Waals surface area contributed by atoms with Crippen LogP contribution in [0.3, 0.4) is 0 Å².